The molecule has 80 valence electrons. The van der Waals surface area contributed by atoms with E-state index in [-0.39, 0.29) is 25.3 Å². The SMILES string of the molecule is C=CCC(C(=O)O)C(=O)O.[Li+].[O-]B(O)O. The van der Waals surface area contributed by atoms with Gasteiger partial charge >= 0.3 is 38.1 Å². The Hall–Kier alpha value is -0.778. The van der Waals surface area contributed by atoms with Gasteiger partial charge in [0.1, 0.15) is 0 Å². The van der Waals surface area contributed by atoms with Crippen LogP contribution >= 0.6 is 0 Å². The zero-order valence-electron chi connectivity index (χ0n) is 8.16. The van der Waals surface area contributed by atoms with E-state index in [1.165, 1.54) is 6.08 Å². The second kappa shape index (κ2) is 11.3. The van der Waals surface area contributed by atoms with Crippen molar-refractivity contribution in [1.82, 2.24) is 0 Å². The first kappa shape index (κ1) is 19.7. The van der Waals surface area contributed by atoms with Crippen LogP contribution in [0.4, 0.5) is 0 Å². The first-order valence-corrected chi connectivity index (χ1v) is 3.41. The predicted molar refractivity (Wildman–Crippen MR) is 43.8 cm³/mol. The van der Waals surface area contributed by atoms with Gasteiger partial charge in [-0.2, -0.15) is 0 Å². The first-order valence-electron chi connectivity index (χ1n) is 3.41. The summed E-state index contributed by atoms with van der Waals surface area (Å²) in [4.78, 5) is 20.2. The van der Waals surface area contributed by atoms with Gasteiger partial charge < -0.3 is 25.3 Å². The van der Waals surface area contributed by atoms with Crippen molar-refractivity contribution >= 4 is 19.3 Å². The normalized spacial score (nSPS) is 8.00. The zero-order valence-corrected chi connectivity index (χ0v) is 8.16. The van der Waals surface area contributed by atoms with Crippen molar-refractivity contribution in [2.45, 2.75) is 6.42 Å². The molecule has 0 bridgehead atoms. The Morgan fingerprint density at radius 3 is 1.67 bits per heavy atom. The molecule has 0 aliphatic carbocycles. The molecule has 0 aliphatic rings. The molecule has 0 aromatic heterocycles. The van der Waals surface area contributed by atoms with Gasteiger partial charge in [0.05, 0.1) is 0 Å². The summed E-state index contributed by atoms with van der Waals surface area (Å²) in [5, 5.41) is 39.2. The van der Waals surface area contributed by atoms with Crippen LogP contribution < -0.4 is 23.9 Å². The van der Waals surface area contributed by atoms with Crippen LogP contribution in [0.1, 0.15) is 6.42 Å². The minimum absolute atomic E-state index is 0. The van der Waals surface area contributed by atoms with Gasteiger partial charge in [-0.15, -0.1) is 6.58 Å². The number of rotatable bonds is 4. The fraction of sp³-hybridized carbons (Fsp3) is 0.333. The smallest absolute Gasteiger partial charge is 0.832 e. The largest absolute Gasteiger partial charge is 1.00 e. The third kappa shape index (κ3) is 15.9. The molecule has 0 saturated carbocycles. The van der Waals surface area contributed by atoms with Crippen LogP contribution in [0.15, 0.2) is 12.7 Å². The standard InChI is InChI=1S/C6H8O4.BH2O3.Li/c1-2-3-4(5(7)8)6(9)10;2-1(3)4;/h2,4H,1,3H2,(H,7,8)(H,9,10);2-3H;/q;-1;+1. The number of hydrogen-bond acceptors (Lipinski definition) is 5. The van der Waals surface area contributed by atoms with E-state index in [9.17, 15) is 9.59 Å². The average molecular weight is 212 g/mol. The van der Waals surface area contributed by atoms with Crippen molar-refractivity contribution in [1.29, 1.82) is 0 Å². The van der Waals surface area contributed by atoms with E-state index in [4.69, 9.17) is 25.3 Å². The Kier molecular flexibility index (Phi) is 14.9. The number of carboxylic acids is 2. The van der Waals surface area contributed by atoms with Crippen LogP contribution in [-0.2, 0) is 9.59 Å². The van der Waals surface area contributed by atoms with E-state index in [0.717, 1.165) is 0 Å². The summed E-state index contributed by atoms with van der Waals surface area (Å²) in [6, 6.07) is 0. The second-order valence-corrected chi connectivity index (χ2v) is 2.08. The number of carboxylic acid groups (broad SMARTS) is 2. The predicted octanol–water partition coefficient (Wildman–Crippen LogP) is -5.33. The Balaban J connectivity index is -0.000000249. The summed E-state index contributed by atoms with van der Waals surface area (Å²) < 4.78 is 0. The van der Waals surface area contributed by atoms with Gasteiger partial charge in [-0.25, -0.2) is 0 Å². The fourth-order valence-corrected chi connectivity index (χ4v) is 0.474. The van der Waals surface area contributed by atoms with Crippen LogP contribution in [0.3, 0.4) is 0 Å². The van der Waals surface area contributed by atoms with Crippen LogP contribution in [0.25, 0.3) is 0 Å². The van der Waals surface area contributed by atoms with E-state index in [1.807, 2.05) is 0 Å². The molecular formula is C6H10BLiO7. The molecule has 4 N–H and O–H groups in total. The molecule has 7 nitrogen and oxygen atoms in total. The molecule has 0 atom stereocenters. The third-order valence-corrected chi connectivity index (χ3v) is 0.999. The minimum Gasteiger partial charge on any atom is -0.832 e. The molecule has 0 fully saturated rings. The Morgan fingerprint density at radius 1 is 1.33 bits per heavy atom. The molecule has 0 heterocycles. The van der Waals surface area contributed by atoms with E-state index in [0.29, 0.717) is 0 Å². The molecule has 0 saturated heterocycles. The maximum Gasteiger partial charge on any atom is 1.00 e. The van der Waals surface area contributed by atoms with Gasteiger partial charge in [0.15, 0.2) is 5.92 Å². The van der Waals surface area contributed by atoms with Gasteiger partial charge in [-0.05, 0) is 6.42 Å². The molecule has 0 rings (SSSR count). The second-order valence-electron chi connectivity index (χ2n) is 2.08. The summed E-state index contributed by atoms with van der Waals surface area (Å²) in [5.74, 6) is -4.00. The zero-order chi connectivity index (χ0) is 11.7. The van der Waals surface area contributed by atoms with Crippen molar-refractivity contribution in [2.75, 3.05) is 0 Å². The molecular weight excluding hydrogens is 202 g/mol. The van der Waals surface area contributed by atoms with Crippen LogP contribution in [0.2, 0.25) is 0 Å². The van der Waals surface area contributed by atoms with Crippen molar-refractivity contribution in [2.24, 2.45) is 5.92 Å². The third-order valence-electron chi connectivity index (χ3n) is 0.999. The molecule has 9 heteroatoms. The first-order chi connectivity index (χ1) is 6.32. The summed E-state index contributed by atoms with van der Waals surface area (Å²) >= 11 is 0. The Bertz CT molecular complexity index is 191. The summed E-state index contributed by atoms with van der Waals surface area (Å²) in [6.07, 6.45) is 1.23. The van der Waals surface area contributed by atoms with Gasteiger partial charge in [0.2, 0.25) is 0 Å². The van der Waals surface area contributed by atoms with Gasteiger partial charge in [0.25, 0.3) is 0 Å². The number of aliphatic carboxylic acids is 2. The van der Waals surface area contributed by atoms with Crippen molar-refractivity contribution in [3.63, 3.8) is 0 Å². The molecule has 0 spiro atoms. The summed E-state index contributed by atoms with van der Waals surface area (Å²) in [7, 11) is -2.42. The summed E-state index contributed by atoms with van der Waals surface area (Å²) in [5.41, 5.74) is 0. The van der Waals surface area contributed by atoms with E-state index >= 15 is 0 Å². The van der Waals surface area contributed by atoms with E-state index < -0.39 is 25.2 Å². The maximum atomic E-state index is 10.1. The van der Waals surface area contributed by atoms with Crippen molar-refractivity contribution < 1.29 is 53.7 Å². The number of carbonyl (C=O) groups is 2. The minimum atomic E-state index is -2.42. The monoisotopic (exact) mass is 212 g/mol. The van der Waals surface area contributed by atoms with Gasteiger partial charge in [-0.3, -0.25) is 9.59 Å². The molecule has 0 unspecified atom stereocenters. The maximum absolute atomic E-state index is 10.1. The topological polar surface area (TPSA) is 138 Å². The van der Waals surface area contributed by atoms with E-state index in [2.05, 4.69) is 6.58 Å². The van der Waals surface area contributed by atoms with Crippen LogP contribution in [-0.4, -0.2) is 39.5 Å². The number of hydrogen-bond donors (Lipinski definition) is 4. The molecule has 0 aromatic rings. The molecule has 0 aliphatic heterocycles. The van der Waals surface area contributed by atoms with E-state index in [1.54, 1.807) is 0 Å². The van der Waals surface area contributed by atoms with Crippen LogP contribution in [0.5, 0.6) is 0 Å². The Morgan fingerprint density at radius 2 is 1.60 bits per heavy atom. The fourth-order valence-electron chi connectivity index (χ4n) is 0.474. The average Bonchev–Trinajstić information content (AvgIpc) is 1.97. The van der Waals surface area contributed by atoms with Gasteiger partial charge in [-0.1, -0.05) is 6.08 Å². The summed E-state index contributed by atoms with van der Waals surface area (Å²) in [6.45, 7) is 3.24. The molecule has 0 radical (unpaired) electrons. The quantitative estimate of drug-likeness (QED) is 0.207. The number of allylic oxidation sites excluding steroid dienone is 1. The van der Waals surface area contributed by atoms with Crippen LogP contribution in [0, 0.1) is 5.92 Å². The molecule has 0 amide bonds. The van der Waals surface area contributed by atoms with Crippen molar-refractivity contribution in [3.8, 4) is 0 Å². The van der Waals surface area contributed by atoms with Crippen molar-refractivity contribution in [3.05, 3.63) is 12.7 Å². The van der Waals surface area contributed by atoms with Gasteiger partial charge in [0, 0.05) is 0 Å². The molecule has 15 heavy (non-hydrogen) atoms. The molecule has 0 aromatic carbocycles. The Labute approximate surface area is 98.4 Å².